The number of methoxy groups -OCH3 is 1. The molecule has 0 unspecified atom stereocenters. The second-order valence-corrected chi connectivity index (χ2v) is 6.06. The number of carbonyl (C=O) groups excluding carboxylic acids is 1. The average Bonchev–Trinajstić information content (AvgIpc) is 2.96. The highest BCUT2D eigenvalue weighted by Crippen LogP contribution is 2.31. The maximum absolute atomic E-state index is 11.8. The normalized spacial score (nSPS) is 16.0. The van der Waals surface area contributed by atoms with Gasteiger partial charge in [0.05, 0.1) is 26.2 Å². The molecule has 0 saturated carbocycles. The summed E-state index contributed by atoms with van der Waals surface area (Å²) >= 11 is 1.58. The molecule has 0 spiro atoms. The smallest absolute Gasteiger partial charge is 0.228 e. The highest BCUT2D eigenvalue weighted by atomic mass is 32.1. The molecule has 0 bridgehead atoms. The van der Waals surface area contributed by atoms with Crippen LogP contribution in [0.3, 0.4) is 0 Å². The lowest BCUT2D eigenvalue weighted by molar-refractivity contribution is -0.117. The SMILES string of the molecule is COCCOCCC(=O)Nc1ncc(C2CCNCC2)s1. The van der Waals surface area contributed by atoms with E-state index in [-0.39, 0.29) is 5.91 Å². The van der Waals surface area contributed by atoms with E-state index in [1.165, 1.54) is 4.88 Å². The maximum atomic E-state index is 11.8. The van der Waals surface area contributed by atoms with Gasteiger partial charge in [-0.25, -0.2) is 4.98 Å². The number of rotatable bonds is 8. The number of thiazole rings is 1. The first-order valence-corrected chi connectivity index (χ1v) is 8.14. The van der Waals surface area contributed by atoms with E-state index in [1.54, 1.807) is 18.4 Å². The van der Waals surface area contributed by atoms with Gasteiger partial charge in [-0.3, -0.25) is 4.79 Å². The Morgan fingerprint density at radius 1 is 1.43 bits per heavy atom. The predicted octanol–water partition coefficient (Wildman–Crippen LogP) is 1.60. The highest BCUT2D eigenvalue weighted by molar-refractivity contribution is 7.15. The molecule has 1 aromatic rings. The van der Waals surface area contributed by atoms with Gasteiger partial charge < -0.3 is 20.1 Å². The molecule has 0 aliphatic carbocycles. The zero-order valence-electron chi connectivity index (χ0n) is 12.4. The number of carbonyl (C=O) groups is 1. The molecule has 1 aromatic heterocycles. The zero-order chi connectivity index (χ0) is 14.9. The summed E-state index contributed by atoms with van der Waals surface area (Å²) in [4.78, 5) is 17.3. The molecule has 1 saturated heterocycles. The van der Waals surface area contributed by atoms with E-state index in [2.05, 4.69) is 15.6 Å². The largest absolute Gasteiger partial charge is 0.382 e. The van der Waals surface area contributed by atoms with Crippen LogP contribution in [0.15, 0.2) is 6.20 Å². The summed E-state index contributed by atoms with van der Waals surface area (Å²) in [5.41, 5.74) is 0. The van der Waals surface area contributed by atoms with E-state index in [0.717, 1.165) is 25.9 Å². The summed E-state index contributed by atoms with van der Waals surface area (Å²) in [7, 11) is 1.62. The van der Waals surface area contributed by atoms with Crippen LogP contribution in [-0.4, -0.2) is 50.9 Å². The minimum Gasteiger partial charge on any atom is -0.382 e. The van der Waals surface area contributed by atoms with Gasteiger partial charge >= 0.3 is 0 Å². The minimum atomic E-state index is -0.0568. The summed E-state index contributed by atoms with van der Waals surface area (Å²) in [6.07, 6.45) is 4.52. The molecule has 0 aromatic carbocycles. The van der Waals surface area contributed by atoms with Crippen molar-refractivity contribution in [2.45, 2.75) is 25.2 Å². The second-order valence-electron chi connectivity index (χ2n) is 5.00. The summed E-state index contributed by atoms with van der Waals surface area (Å²) in [6, 6.07) is 0. The number of amides is 1. The van der Waals surface area contributed by atoms with Crippen LogP contribution in [0, 0.1) is 0 Å². The fourth-order valence-corrected chi connectivity index (χ4v) is 3.23. The van der Waals surface area contributed by atoms with E-state index < -0.39 is 0 Å². The zero-order valence-corrected chi connectivity index (χ0v) is 13.2. The van der Waals surface area contributed by atoms with E-state index in [4.69, 9.17) is 9.47 Å². The summed E-state index contributed by atoms with van der Waals surface area (Å²) < 4.78 is 10.1. The van der Waals surface area contributed by atoms with Gasteiger partial charge in [0.25, 0.3) is 0 Å². The lowest BCUT2D eigenvalue weighted by Gasteiger charge is -2.20. The van der Waals surface area contributed by atoms with Crippen LogP contribution < -0.4 is 10.6 Å². The van der Waals surface area contributed by atoms with Gasteiger partial charge in [0, 0.05) is 18.2 Å². The maximum Gasteiger partial charge on any atom is 0.228 e. The number of anilines is 1. The van der Waals surface area contributed by atoms with Gasteiger partial charge in [-0.15, -0.1) is 11.3 Å². The number of nitrogens with zero attached hydrogens (tertiary/aromatic N) is 1. The first kappa shape index (κ1) is 16.4. The molecule has 2 rings (SSSR count). The number of piperidine rings is 1. The quantitative estimate of drug-likeness (QED) is 0.713. The van der Waals surface area contributed by atoms with Gasteiger partial charge in [-0.1, -0.05) is 0 Å². The van der Waals surface area contributed by atoms with Crippen LogP contribution >= 0.6 is 11.3 Å². The van der Waals surface area contributed by atoms with E-state index in [1.807, 2.05) is 6.20 Å². The monoisotopic (exact) mass is 313 g/mol. The minimum absolute atomic E-state index is 0.0568. The Morgan fingerprint density at radius 2 is 2.24 bits per heavy atom. The number of nitrogens with one attached hydrogen (secondary N) is 2. The van der Waals surface area contributed by atoms with E-state index in [0.29, 0.717) is 37.3 Å². The van der Waals surface area contributed by atoms with Crippen LogP contribution in [0.4, 0.5) is 5.13 Å². The molecule has 1 amide bonds. The third-order valence-electron chi connectivity index (χ3n) is 3.42. The Kier molecular flexibility index (Phi) is 7.08. The van der Waals surface area contributed by atoms with Crippen LogP contribution in [-0.2, 0) is 14.3 Å². The highest BCUT2D eigenvalue weighted by Gasteiger charge is 2.18. The standard InChI is InChI=1S/C14H23N3O3S/c1-19-8-9-20-7-4-13(18)17-14-16-10-12(21-14)11-2-5-15-6-3-11/h10-11,15H,2-9H2,1H3,(H,16,17,18). The van der Waals surface area contributed by atoms with Gasteiger partial charge in [-0.2, -0.15) is 0 Å². The molecule has 21 heavy (non-hydrogen) atoms. The molecule has 7 heteroatoms. The fraction of sp³-hybridized carbons (Fsp3) is 0.714. The van der Waals surface area contributed by atoms with Crippen LogP contribution in [0.1, 0.15) is 30.1 Å². The molecular formula is C14H23N3O3S. The predicted molar refractivity (Wildman–Crippen MR) is 82.9 cm³/mol. The Morgan fingerprint density at radius 3 is 3.00 bits per heavy atom. The Bertz CT molecular complexity index is 433. The summed E-state index contributed by atoms with van der Waals surface area (Å²) in [5.74, 6) is 0.519. The van der Waals surface area contributed by atoms with Crippen molar-refractivity contribution < 1.29 is 14.3 Å². The molecule has 2 N–H and O–H groups in total. The average molecular weight is 313 g/mol. The van der Waals surface area contributed by atoms with Crippen LogP contribution in [0.2, 0.25) is 0 Å². The summed E-state index contributed by atoms with van der Waals surface area (Å²) in [5, 5.41) is 6.87. The molecule has 1 aliphatic rings. The molecule has 1 aliphatic heterocycles. The Labute approximate surface area is 129 Å². The van der Waals surface area contributed by atoms with Gasteiger partial charge in [0.2, 0.25) is 5.91 Å². The number of ether oxygens (including phenoxy) is 2. The van der Waals surface area contributed by atoms with Crippen LogP contribution in [0.25, 0.3) is 0 Å². The molecule has 1 fully saturated rings. The van der Waals surface area contributed by atoms with Crippen molar-refractivity contribution in [2.24, 2.45) is 0 Å². The molecule has 6 nitrogen and oxygen atoms in total. The van der Waals surface area contributed by atoms with Gasteiger partial charge in [-0.05, 0) is 31.8 Å². The van der Waals surface area contributed by atoms with Crippen molar-refractivity contribution in [1.29, 1.82) is 0 Å². The fourth-order valence-electron chi connectivity index (χ4n) is 2.23. The van der Waals surface area contributed by atoms with E-state index >= 15 is 0 Å². The third-order valence-corrected chi connectivity index (χ3v) is 4.49. The van der Waals surface area contributed by atoms with Crippen molar-refractivity contribution in [1.82, 2.24) is 10.3 Å². The summed E-state index contributed by atoms with van der Waals surface area (Å²) in [6.45, 7) is 3.59. The first-order chi connectivity index (χ1) is 10.3. The first-order valence-electron chi connectivity index (χ1n) is 7.32. The molecular weight excluding hydrogens is 290 g/mol. The van der Waals surface area contributed by atoms with Crippen molar-refractivity contribution >= 4 is 22.4 Å². The molecule has 2 heterocycles. The lowest BCUT2D eigenvalue weighted by Crippen LogP contribution is -2.26. The topological polar surface area (TPSA) is 72.5 Å². The lowest BCUT2D eigenvalue weighted by atomic mass is 9.97. The van der Waals surface area contributed by atoms with E-state index in [9.17, 15) is 4.79 Å². The van der Waals surface area contributed by atoms with Crippen molar-refractivity contribution in [3.63, 3.8) is 0 Å². The molecule has 0 radical (unpaired) electrons. The third kappa shape index (κ3) is 5.70. The number of hydrogen-bond acceptors (Lipinski definition) is 6. The van der Waals surface area contributed by atoms with Crippen molar-refractivity contribution in [3.05, 3.63) is 11.1 Å². The van der Waals surface area contributed by atoms with Crippen molar-refractivity contribution in [2.75, 3.05) is 45.3 Å². The molecule has 0 atom stereocenters. The second kappa shape index (κ2) is 9.09. The number of aromatic nitrogens is 1. The Balaban J connectivity index is 1.70. The van der Waals surface area contributed by atoms with Crippen molar-refractivity contribution in [3.8, 4) is 0 Å². The molecule has 118 valence electrons. The van der Waals surface area contributed by atoms with Gasteiger partial charge in [0.15, 0.2) is 5.13 Å². The number of hydrogen-bond donors (Lipinski definition) is 2. The Hall–Kier alpha value is -1.02. The van der Waals surface area contributed by atoms with Crippen LogP contribution in [0.5, 0.6) is 0 Å². The van der Waals surface area contributed by atoms with Gasteiger partial charge in [0.1, 0.15) is 0 Å².